The average Bonchev–Trinajstić information content (AvgIpc) is 2.08. The van der Waals surface area contributed by atoms with Crippen LogP contribution >= 0.6 is 0 Å². The second kappa shape index (κ2) is 4.52. The Hall–Kier alpha value is -0.690. The number of carboxylic acids is 1. The lowest BCUT2D eigenvalue weighted by molar-refractivity contribution is -0.139. The van der Waals surface area contributed by atoms with Gasteiger partial charge in [-0.05, 0) is 0 Å². The molecule has 0 radical (unpaired) electrons. The lowest BCUT2D eigenvalue weighted by Gasteiger charge is -2.32. The molecule has 13 heavy (non-hydrogen) atoms. The van der Waals surface area contributed by atoms with Crippen molar-refractivity contribution in [3.05, 3.63) is 0 Å². The summed E-state index contributed by atoms with van der Waals surface area (Å²) in [5.41, 5.74) is 5.40. The summed E-state index contributed by atoms with van der Waals surface area (Å²) in [6, 6.07) is -0.788. The Morgan fingerprint density at radius 1 is 1.38 bits per heavy atom. The van der Waals surface area contributed by atoms with Crippen molar-refractivity contribution in [1.29, 1.82) is 0 Å². The zero-order chi connectivity index (χ0) is 9.84. The molecule has 1 heterocycles. The fourth-order valence-electron chi connectivity index (χ4n) is 1.30. The van der Waals surface area contributed by atoms with E-state index in [2.05, 4.69) is 0 Å². The zero-order valence-electron chi connectivity index (χ0n) is 7.52. The van der Waals surface area contributed by atoms with Crippen molar-refractivity contribution in [3.63, 3.8) is 0 Å². The number of aliphatic carboxylic acids is 1. The van der Waals surface area contributed by atoms with Crippen LogP contribution < -0.4 is 11.6 Å². The third-order valence-corrected chi connectivity index (χ3v) is 2.18. The summed E-state index contributed by atoms with van der Waals surface area (Å²) in [5, 5.41) is 10.3. The summed E-state index contributed by atoms with van der Waals surface area (Å²) in [6.07, 6.45) is 0. The molecule has 0 aromatic carbocycles. The topological polar surface area (TPSA) is 95.8 Å². The van der Waals surface area contributed by atoms with Gasteiger partial charge in [0.2, 0.25) is 0 Å². The SMILES string of the molecule is NC(CN1CCN(N)CC1)C(=O)O. The lowest BCUT2D eigenvalue weighted by atomic mass is 10.2. The summed E-state index contributed by atoms with van der Waals surface area (Å²) < 4.78 is 0. The first kappa shape index (κ1) is 10.4. The van der Waals surface area contributed by atoms with Crippen LogP contribution in [0.3, 0.4) is 0 Å². The second-order valence-corrected chi connectivity index (χ2v) is 3.28. The Kier molecular flexibility index (Phi) is 3.61. The molecular weight excluding hydrogens is 172 g/mol. The van der Waals surface area contributed by atoms with Gasteiger partial charge in [0.25, 0.3) is 0 Å². The molecule has 0 aliphatic carbocycles. The molecule has 0 aromatic heterocycles. The number of carbonyl (C=O) groups is 1. The number of carboxylic acid groups (broad SMARTS) is 1. The second-order valence-electron chi connectivity index (χ2n) is 3.28. The van der Waals surface area contributed by atoms with Crippen molar-refractivity contribution in [2.45, 2.75) is 6.04 Å². The first-order chi connectivity index (χ1) is 6.09. The van der Waals surface area contributed by atoms with E-state index < -0.39 is 12.0 Å². The van der Waals surface area contributed by atoms with Gasteiger partial charge in [0, 0.05) is 32.7 Å². The van der Waals surface area contributed by atoms with Gasteiger partial charge in [-0.2, -0.15) is 0 Å². The summed E-state index contributed by atoms with van der Waals surface area (Å²) in [5.74, 6) is 4.60. The maximum Gasteiger partial charge on any atom is 0.321 e. The van der Waals surface area contributed by atoms with Crippen molar-refractivity contribution in [1.82, 2.24) is 9.91 Å². The molecular formula is C7H16N4O2. The zero-order valence-corrected chi connectivity index (χ0v) is 7.52. The van der Waals surface area contributed by atoms with Gasteiger partial charge in [0.15, 0.2) is 0 Å². The predicted octanol–water partition coefficient (Wildman–Crippen LogP) is -2.11. The van der Waals surface area contributed by atoms with Crippen LogP contribution in [0.15, 0.2) is 0 Å². The third kappa shape index (κ3) is 3.27. The highest BCUT2D eigenvalue weighted by atomic mass is 16.4. The molecule has 0 aromatic rings. The Balaban J connectivity index is 2.26. The quantitative estimate of drug-likeness (QED) is 0.439. The van der Waals surface area contributed by atoms with Crippen LogP contribution in [0.1, 0.15) is 0 Å². The Bertz CT molecular complexity index is 179. The van der Waals surface area contributed by atoms with Gasteiger partial charge in [0.05, 0.1) is 0 Å². The summed E-state index contributed by atoms with van der Waals surface area (Å²) in [6.45, 7) is 3.52. The van der Waals surface area contributed by atoms with Crippen molar-refractivity contribution in [3.8, 4) is 0 Å². The number of hydrazine groups is 1. The van der Waals surface area contributed by atoms with E-state index in [4.69, 9.17) is 16.7 Å². The molecule has 6 nitrogen and oxygen atoms in total. The molecule has 0 bridgehead atoms. The first-order valence-electron chi connectivity index (χ1n) is 4.30. The van der Waals surface area contributed by atoms with E-state index >= 15 is 0 Å². The van der Waals surface area contributed by atoms with E-state index in [1.807, 2.05) is 4.90 Å². The van der Waals surface area contributed by atoms with E-state index in [0.29, 0.717) is 6.54 Å². The number of nitrogens with two attached hydrogens (primary N) is 2. The molecule has 1 unspecified atom stereocenters. The molecule has 1 fully saturated rings. The minimum absolute atomic E-state index is 0.406. The van der Waals surface area contributed by atoms with Crippen LogP contribution in [-0.2, 0) is 4.79 Å². The molecule has 1 aliphatic heterocycles. The van der Waals surface area contributed by atoms with Crippen LogP contribution in [0.5, 0.6) is 0 Å². The number of piperazine rings is 1. The molecule has 1 atom stereocenters. The van der Waals surface area contributed by atoms with Crippen molar-refractivity contribution in [2.24, 2.45) is 11.6 Å². The first-order valence-corrected chi connectivity index (χ1v) is 4.30. The van der Waals surface area contributed by atoms with E-state index in [1.54, 1.807) is 5.01 Å². The highest BCUT2D eigenvalue weighted by Gasteiger charge is 2.19. The number of hydrogen-bond acceptors (Lipinski definition) is 5. The van der Waals surface area contributed by atoms with Gasteiger partial charge < -0.3 is 10.8 Å². The maximum absolute atomic E-state index is 10.5. The number of hydrogen-bond donors (Lipinski definition) is 3. The molecule has 0 spiro atoms. The normalized spacial score (nSPS) is 22.9. The predicted molar refractivity (Wildman–Crippen MR) is 47.8 cm³/mol. The molecule has 76 valence electrons. The molecule has 6 heteroatoms. The summed E-state index contributed by atoms with van der Waals surface area (Å²) in [7, 11) is 0. The van der Waals surface area contributed by atoms with Crippen LogP contribution in [0, 0.1) is 0 Å². The monoisotopic (exact) mass is 188 g/mol. The Labute approximate surface area is 77.0 Å². The third-order valence-electron chi connectivity index (χ3n) is 2.18. The average molecular weight is 188 g/mol. The highest BCUT2D eigenvalue weighted by Crippen LogP contribution is 1.98. The molecule has 0 amide bonds. The molecule has 1 rings (SSSR count). The fraction of sp³-hybridized carbons (Fsp3) is 0.857. The minimum Gasteiger partial charge on any atom is -0.480 e. The molecule has 0 saturated carbocycles. The molecule has 1 saturated heterocycles. The Morgan fingerprint density at radius 3 is 2.38 bits per heavy atom. The number of nitrogens with zero attached hydrogens (tertiary/aromatic N) is 2. The van der Waals surface area contributed by atoms with Gasteiger partial charge in [-0.3, -0.25) is 15.5 Å². The minimum atomic E-state index is -0.949. The molecule has 1 aliphatic rings. The fourth-order valence-corrected chi connectivity index (χ4v) is 1.30. The van der Waals surface area contributed by atoms with E-state index in [0.717, 1.165) is 26.2 Å². The van der Waals surface area contributed by atoms with Crippen LogP contribution in [0.4, 0.5) is 0 Å². The van der Waals surface area contributed by atoms with Crippen LogP contribution in [-0.4, -0.2) is 59.8 Å². The van der Waals surface area contributed by atoms with Crippen molar-refractivity contribution >= 4 is 5.97 Å². The maximum atomic E-state index is 10.5. The van der Waals surface area contributed by atoms with Gasteiger partial charge in [-0.1, -0.05) is 0 Å². The molecule has 5 N–H and O–H groups in total. The van der Waals surface area contributed by atoms with Gasteiger partial charge in [0.1, 0.15) is 6.04 Å². The number of rotatable bonds is 3. The van der Waals surface area contributed by atoms with Crippen LogP contribution in [0.25, 0.3) is 0 Å². The van der Waals surface area contributed by atoms with Gasteiger partial charge >= 0.3 is 5.97 Å². The summed E-state index contributed by atoms with van der Waals surface area (Å²) >= 11 is 0. The van der Waals surface area contributed by atoms with Gasteiger partial charge in [-0.25, -0.2) is 5.01 Å². The van der Waals surface area contributed by atoms with Crippen LogP contribution in [0.2, 0.25) is 0 Å². The standard InChI is InChI=1S/C7H16N4O2/c8-6(7(12)13)5-10-1-3-11(9)4-2-10/h6H,1-5,8-9H2,(H,12,13). The largest absolute Gasteiger partial charge is 0.480 e. The summed E-state index contributed by atoms with van der Waals surface area (Å²) in [4.78, 5) is 12.5. The smallest absolute Gasteiger partial charge is 0.321 e. The van der Waals surface area contributed by atoms with E-state index in [9.17, 15) is 4.79 Å². The van der Waals surface area contributed by atoms with Crippen molar-refractivity contribution < 1.29 is 9.90 Å². The lowest BCUT2D eigenvalue weighted by Crippen LogP contribution is -2.53. The van der Waals surface area contributed by atoms with Gasteiger partial charge in [-0.15, -0.1) is 0 Å². The Morgan fingerprint density at radius 2 is 1.92 bits per heavy atom. The van der Waals surface area contributed by atoms with E-state index in [1.165, 1.54) is 0 Å². The van der Waals surface area contributed by atoms with Crippen molar-refractivity contribution in [2.75, 3.05) is 32.7 Å². The highest BCUT2D eigenvalue weighted by molar-refractivity contribution is 5.73. The van der Waals surface area contributed by atoms with E-state index in [-0.39, 0.29) is 0 Å².